The minimum absolute atomic E-state index is 0.00163. The van der Waals surface area contributed by atoms with E-state index in [4.69, 9.17) is 9.47 Å². The Hall–Kier alpha value is -3.10. The second-order valence-corrected chi connectivity index (χ2v) is 6.66. The van der Waals surface area contributed by atoms with Gasteiger partial charge in [-0.15, -0.1) is 0 Å². The number of ether oxygens (including phenoxy) is 2. The lowest BCUT2D eigenvalue weighted by atomic mass is 10.0. The predicted molar refractivity (Wildman–Crippen MR) is 105 cm³/mol. The number of para-hydroxylation sites is 2. The lowest BCUT2D eigenvalue weighted by Crippen LogP contribution is -2.43. The Bertz CT molecular complexity index is 954. The number of fused-ring (bicyclic) bond motifs is 1. The van der Waals surface area contributed by atoms with Crippen molar-refractivity contribution in [2.75, 3.05) is 14.2 Å². The van der Waals surface area contributed by atoms with E-state index in [1.54, 1.807) is 14.2 Å². The van der Waals surface area contributed by atoms with Gasteiger partial charge < -0.3 is 19.8 Å². The fourth-order valence-electron chi connectivity index (χ4n) is 3.40. The molecule has 3 aromatic rings. The molecule has 1 amide bonds. The van der Waals surface area contributed by atoms with Gasteiger partial charge >= 0.3 is 0 Å². The highest BCUT2D eigenvalue weighted by Crippen LogP contribution is 2.32. The molecule has 1 fully saturated rings. The Morgan fingerprint density at radius 2 is 1.96 bits per heavy atom. The molecule has 146 valence electrons. The molecule has 2 heterocycles. The van der Waals surface area contributed by atoms with E-state index in [0.717, 1.165) is 22.4 Å². The van der Waals surface area contributed by atoms with Crippen molar-refractivity contribution in [2.45, 2.75) is 25.0 Å². The average molecular weight is 381 g/mol. The molecular formula is C20H23N5O3. The number of imidazole rings is 1. The second kappa shape index (κ2) is 7.87. The van der Waals surface area contributed by atoms with E-state index in [-0.39, 0.29) is 18.0 Å². The number of amides is 1. The van der Waals surface area contributed by atoms with Crippen LogP contribution in [0.15, 0.2) is 42.5 Å². The van der Waals surface area contributed by atoms with Crippen LogP contribution in [0.1, 0.15) is 23.9 Å². The molecule has 4 rings (SSSR count). The van der Waals surface area contributed by atoms with Crippen molar-refractivity contribution in [1.29, 1.82) is 0 Å². The molecule has 8 nitrogen and oxygen atoms in total. The largest absolute Gasteiger partial charge is 0.493 e. The van der Waals surface area contributed by atoms with Crippen LogP contribution in [-0.2, 0) is 11.3 Å². The summed E-state index contributed by atoms with van der Waals surface area (Å²) in [5.74, 6) is 2.00. The molecule has 8 heteroatoms. The molecule has 0 saturated carbocycles. The SMILES string of the molecule is COc1ccc(C2CC(C(=O)NCc3nc4ccccc4[nH]3)NN2)cc1OC. The summed E-state index contributed by atoms with van der Waals surface area (Å²) in [5.41, 5.74) is 9.13. The number of H-pyrrole nitrogens is 1. The number of carbonyl (C=O) groups excluding carboxylic acids is 1. The molecule has 1 aromatic heterocycles. The fraction of sp³-hybridized carbons (Fsp3) is 0.300. The summed E-state index contributed by atoms with van der Waals surface area (Å²) >= 11 is 0. The summed E-state index contributed by atoms with van der Waals surface area (Å²) in [6, 6.07) is 13.2. The smallest absolute Gasteiger partial charge is 0.238 e. The monoisotopic (exact) mass is 381 g/mol. The highest BCUT2D eigenvalue weighted by Gasteiger charge is 2.30. The minimum atomic E-state index is -0.331. The van der Waals surface area contributed by atoms with E-state index in [0.29, 0.717) is 24.5 Å². The van der Waals surface area contributed by atoms with Crippen molar-refractivity contribution >= 4 is 16.9 Å². The van der Waals surface area contributed by atoms with Crippen LogP contribution in [-0.4, -0.2) is 36.1 Å². The van der Waals surface area contributed by atoms with Gasteiger partial charge in [0.2, 0.25) is 5.91 Å². The topological polar surface area (TPSA) is 100 Å². The number of aromatic nitrogens is 2. The van der Waals surface area contributed by atoms with Gasteiger partial charge in [0.15, 0.2) is 11.5 Å². The van der Waals surface area contributed by atoms with Gasteiger partial charge in [0.25, 0.3) is 0 Å². The van der Waals surface area contributed by atoms with E-state index >= 15 is 0 Å². The third-order valence-corrected chi connectivity index (χ3v) is 4.90. The molecule has 1 aliphatic rings. The van der Waals surface area contributed by atoms with Crippen LogP contribution in [0, 0.1) is 0 Å². The van der Waals surface area contributed by atoms with E-state index in [9.17, 15) is 4.79 Å². The highest BCUT2D eigenvalue weighted by atomic mass is 16.5. The first-order valence-electron chi connectivity index (χ1n) is 9.12. The lowest BCUT2D eigenvalue weighted by Gasteiger charge is -2.13. The number of benzene rings is 2. The first-order valence-corrected chi connectivity index (χ1v) is 9.12. The number of hydrogen-bond donors (Lipinski definition) is 4. The summed E-state index contributed by atoms with van der Waals surface area (Å²) in [6.45, 7) is 0.354. The molecule has 28 heavy (non-hydrogen) atoms. The number of aromatic amines is 1. The lowest BCUT2D eigenvalue weighted by molar-refractivity contribution is -0.123. The van der Waals surface area contributed by atoms with Crippen molar-refractivity contribution in [2.24, 2.45) is 0 Å². The molecule has 1 aliphatic heterocycles. The molecule has 0 aliphatic carbocycles. The normalized spacial score (nSPS) is 18.9. The van der Waals surface area contributed by atoms with Gasteiger partial charge in [0, 0.05) is 6.04 Å². The van der Waals surface area contributed by atoms with Crippen molar-refractivity contribution in [3.05, 3.63) is 53.9 Å². The summed E-state index contributed by atoms with van der Waals surface area (Å²) in [6.07, 6.45) is 0.626. The van der Waals surface area contributed by atoms with Crippen LogP contribution in [0.3, 0.4) is 0 Å². The first kappa shape index (κ1) is 18.3. The van der Waals surface area contributed by atoms with Gasteiger partial charge in [-0.25, -0.2) is 15.8 Å². The number of nitrogens with zero attached hydrogens (tertiary/aromatic N) is 1. The molecule has 0 bridgehead atoms. The van der Waals surface area contributed by atoms with Crippen molar-refractivity contribution in [1.82, 2.24) is 26.1 Å². The number of hydrazine groups is 1. The fourth-order valence-corrected chi connectivity index (χ4v) is 3.40. The summed E-state index contributed by atoms with van der Waals surface area (Å²) in [4.78, 5) is 20.2. The maximum atomic E-state index is 12.5. The number of nitrogens with one attached hydrogen (secondary N) is 4. The van der Waals surface area contributed by atoms with Gasteiger partial charge in [-0.1, -0.05) is 18.2 Å². The van der Waals surface area contributed by atoms with Gasteiger partial charge in [0.05, 0.1) is 31.8 Å². The van der Waals surface area contributed by atoms with Crippen molar-refractivity contribution in [3.63, 3.8) is 0 Å². The number of methoxy groups -OCH3 is 2. The molecule has 0 spiro atoms. The zero-order chi connectivity index (χ0) is 19.5. The van der Waals surface area contributed by atoms with Crippen LogP contribution >= 0.6 is 0 Å². The maximum Gasteiger partial charge on any atom is 0.238 e. The minimum Gasteiger partial charge on any atom is -0.493 e. The predicted octanol–water partition coefficient (Wildman–Crippen LogP) is 1.80. The summed E-state index contributed by atoms with van der Waals surface area (Å²) < 4.78 is 10.6. The third kappa shape index (κ3) is 3.64. The standard InChI is InChI=1S/C20H23N5O3/c1-27-17-8-7-12(9-18(17)28-2)15-10-16(25-24-15)20(26)21-11-19-22-13-5-3-4-6-14(13)23-19/h3-9,15-16,24-25H,10-11H2,1-2H3,(H,21,26)(H,22,23). The average Bonchev–Trinajstić information content (AvgIpc) is 3.38. The zero-order valence-corrected chi connectivity index (χ0v) is 15.8. The number of rotatable bonds is 6. The molecular weight excluding hydrogens is 358 g/mol. The summed E-state index contributed by atoms with van der Waals surface area (Å²) in [7, 11) is 3.21. The van der Waals surface area contributed by atoms with E-state index in [2.05, 4.69) is 26.1 Å². The van der Waals surface area contributed by atoms with Gasteiger partial charge in [-0.2, -0.15) is 0 Å². The van der Waals surface area contributed by atoms with Gasteiger partial charge in [0.1, 0.15) is 11.9 Å². The highest BCUT2D eigenvalue weighted by molar-refractivity contribution is 5.82. The maximum absolute atomic E-state index is 12.5. The molecule has 1 saturated heterocycles. The molecule has 2 atom stereocenters. The summed E-state index contributed by atoms with van der Waals surface area (Å²) in [5, 5.41) is 2.93. The van der Waals surface area contributed by atoms with Crippen LogP contribution in [0.4, 0.5) is 0 Å². The molecule has 0 radical (unpaired) electrons. The number of hydrogen-bond acceptors (Lipinski definition) is 6. The van der Waals surface area contributed by atoms with Crippen LogP contribution in [0.25, 0.3) is 11.0 Å². The van der Waals surface area contributed by atoms with Crippen LogP contribution in [0.2, 0.25) is 0 Å². The third-order valence-electron chi connectivity index (χ3n) is 4.90. The Morgan fingerprint density at radius 1 is 1.14 bits per heavy atom. The molecule has 2 aromatic carbocycles. The Balaban J connectivity index is 1.36. The van der Waals surface area contributed by atoms with Gasteiger partial charge in [-0.3, -0.25) is 4.79 Å². The zero-order valence-electron chi connectivity index (χ0n) is 15.8. The van der Waals surface area contributed by atoms with Crippen molar-refractivity contribution < 1.29 is 14.3 Å². The molecule has 4 N–H and O–H groups in total. The first-order chi connectivity index (χ1) is 13.7. The van der Waals surface area contributed by atoms with E-state index < -0.39 is 0 Å². The van der Waals surface area contributed by atoms with Crippen molar-refractivity contribution in [3.8, 4) is 11.5 Å². The van der Waals surface area contributed by atoms with E-state index in [1.165, 1.54) is 0 Å². The molecule has 2 unspecified atom stereocenters. The van der Waals surface area contributed by atoms with Crippen LogP contribution in [0.5, 0.6) is 11.5 Å². The van der Waals surface area contributed by atoms with E-state index in [1.807, 2.05) is 42.5 Å². The van der Waals surface area contributed by atoms with Gasteiger partial charge in [-0.05, 0) is 36.2 Å². The quantitative estimate of drug-likeness (QED) is 0.520. The Labute approximate surface area is 162 Å². The Morgan fingerprint density at radius 3 is 2.75 bits per heavy atom. The number of carbonyl (C=O) groups is 1. The van der Waals surface area contributed by atoms with Crippen LogP contribution < -0.4 is 25.6 Å². The second-order valence-electron chi connectivity index (χ2n) is 6.66. The Kier molecular flexibility index (Phi) is 5.14.